The lowest BCUT2D eigenvalue weighted by Gasteiger charge is -2.33. The van der Waals surface area contributed by atoms with Gasteiger partial charge in [0.25, 0.3) is 0 Å². The molecule has 134 valence electrons. The van der Waals surface area contributed by atoms with Gasteiger partial charge in [0.2, 0.25) is 11.8 Å². The van der Waals surface area contributed by atoms with E-state index in [4.69, 9.17) is 4.42 Å². The first-order valence-corrected chi connectivity index (χ1v) is 8.76. The molecule has 0 unspecified atom stereocenters. The number of nitrogens with one attached hydrogen (secondary N) is 1. The van der Waals surface area contributed by atoms with Crippen LogP contribution in [-0.2, 0) is 22.7 Å². The number of fused-ring (bicyclic) bond motifs is 1. The Morgan fingerprint density at radius 3 is 3.04 bits per heavy atom. The Morgan fingerprint density at radius 2 is 2.28 bits per heavy atom. The number of unbranched alkanes of at least 4 members (excludes halogenated alkanes) is 1. The summed E-state index contributed by atoms with van der Waals surface area (Å²) in [6, 6.07) is 5.38. The summed E-state index contributed by atoms with van der Waals surface area (Å²) in [5.74, 6) is 0.786. The van der Waals surface area contributed by atoms with Gasteiger partial charge in [0.05, 0.1) is 37.5 Å². The molecule has 1 atom stereocenters. The van der Waals surface area contributed by atoms with Crippen molar-refractivity contribution in [3.63, 3.8) is 0 Å². The van der Waals surface area contributed by atoms with E-state index < -0.39 is 0 Å². The molecule has 0 fully saturated rings. The van der Waals surface area contributed by atoms with Crippen molar-refractivity contribution in [1.82, 2.24) is 20.0 Å². The van der Waals surface area contributed by atoms with Crippen LogP contribution in [0.25, 0.3) is 0 Å². The van der Waals surface area contributed by atoms with Crippen LogP contribution in [0.4, 0.5) is 0 Å². The van der Waals surface area contributed by atoms with E-state index in [2.05, 4.69) is 17.3 Å². The average molecular weight is 344 g/mol. The fraction of sp³-hybridized carbons (Fsp3) is 0.500. The van der Waals surface area contributed by atoms with E-state index in [-0.39, 0.29) is 24.3 Å². The lowest BCUT2D eigenvalue weighted by Crippen LogP contribution is -2.42. The fourth-order valence-corrected chi connectivity index (χ4v) is 3.10. The number of furan rings is 1. The lowest BCUT2D eigenvalue weighted by atomic mass is 10.1. The quantitative estimate of drug-likeness (QED) is 0.835. The van der Waals surface area contributed by atoms with Crippen LogP contribution in [-0.4, -0.2) is 33.0 Å². The van der Waals surface area contributed by atoms with Gasteiger partial charge in [-0.15, -0.1) is 0 Å². The van der Waals surface area contributed by atoms with E-state index >= 15 is 0 Å². The Balaban J connectivity index is 1.61. The van der Waals surface area contributed by atoms with Crippen molar-refractivity contribution >= 4 is 11.8 Å². The zero-order chi connectivity index (χ0) is 17.6. The topological polar surface area (TPSA) is 80.4 Å². The molecule has 2 aromatic heterocycles. The molecule has 3 rings (SSSR count). The van der Waals surface area contributed by atoms with E-state index in [0.717, 1.165) is 18.5 Å². The molecule has 7 heteroatoms. The molecule has 0 saturated heterocycles. The Morgan fingerprint density at radius 1 is 1.40 bits per heavy atom. The molecular formula is C18H24N4O3. The van der Waals surface area contributed by atoms with Crippen LogP contribution >= 0.6 is 0 Å². The van der Waals surface area contributed by atoms with Crippen molar-refractivity contribution in [3.05, 3.63) is 42.1 Å². The first-order chi connectivity index (χ1) is 12.2. The third kappa shape index (κ3) is 4.29. The maximum atomic E-state index is 12.4. The second kappa shape index (κ2) is 8.00. The number of carbonyl (C=O) groups is 2. The van der Waals surface area contributed by atoms with Gasteiger partial charge in [-0.25, -0.2) is 0 Å². The highest BCUT2D eigenvalue weighted by molar-refractivity contribution is 5.78. The zero-order valence-corrected chi connectivity index (χ0v) is 14.5. The van der Waals surface area contributed by atoms with Crippen LogP contribution in [0.15, 0.2) is 35.1 Å². The molecule has 2 aromatic rings. The molecule has 25 heavy (non-hydrogen) atoms. The molecule has 0 radical (unpaired) electrons. The fourth-order valence-electron chi connectivity index (χ4n) is 3.10. The van der Waals surface area contributed by atoms with Gasteiger partial charge in [-0.05, 0) is 24.6 Å². The number of hydrogen-bond acceptors (Lipinski definition) is 4. The normalized spacial score (nSPS) is 16.5. The molecule has 0 aromatic carbocycles. The lowest BCUT2D eigenvalue weighted by molar-refractivity contribution is -0.134. The maximum Gasteiger partial charge on any atom is 0.222 e. The Kier molecular flexibility index (Phi) is 5.53. The molecule has 0 spiro atoms. The number of rotatable bonds is 7. The van der Waals surface area contributed by atoms with Gasteiger partial charge in [0, 0.05) is 19.2 Å². The van der Waals surface area contributed by atoms with Gasteiger partial charge in [-0.2, -0.15) is 5.10 Å². The van der Waals surface area contributed by atoms with Gasteiger partial charge in [-0.1, -0.05) is 13.3 Å². The summed E-state index contributed by atoms with van der Waals surface area (Å²) in [6.45, 7) is 3.52. The summed E-state index contributed by atoms with van der Waals surface area (Å²) in [5.41, 5.74) is 0.972. The van der Waals surface area contributed by atoms with Gasteiger partial charge < -0.3 is 14.6 Å². The van der Waals surface area contributed by atoms with Crippen molar-refractivity contribution in [2.45, 2.75) is 51.7 Å². The van der Waals surface area contributed by atoms with Gasteiger partial charge in [-0.3, -0.25) is 14.3 Å². The van der Waals surface area contributed by atoms with E-state index in [0.29, 0.717) is 31.8 Å². The number of amides is 2. The minimum absolute atomic E-state index is 0.0780. The predicted octanol–water partition coefficient (Wildman–Crippen LogP) is 2.26. The van der Waals surface area contributed by atoms with E-state index in [9.17, 15) is 9.59 Å². The first kappa shape index (κ1) is 17.3. The van der Waals surface area contributed by atoms with Crippen LogP contribution in [0.3, 0.4) is 0 Å². The summed E-state index contributed by atoms with van der Waals surface area (Å²) in [6.07, 6.45) is 6.04. The highest BCUT2D eigenvalue weighted by Crippen LogP contribution is 2.23. The summed E-state index contributed by atoms with van der Waals surface area (Å²) < 4.78 is 7.09. The van der Waals surface area contributed by atoms with Crippen LogP contribution < -0.4 is 5.32 Å². The third-order valence-corrected chi connectivity index (χ3v) is 4.44. The highest BCUT2D eigenvalue weighted by atomic mass is 16.3. The monoisotopic (exact) mass is 344 g/mol. The minimum atomic E-state index is -0.138. The minimum Gasteiger partial charge on any atom is -0.467 e. The van der Waals surface area contributed by atoms with Crippen LogP contribution in [0.5, 0.6) is 0 Å². The molecule has 0 saturated carbocycles. The largest absolute Gasteiger partial charge is 0.467 e. The molecule has 0 bridgehead atoms. The molecule has 1 aliphatic rings. The van der Waals surface area contributed by atoms with Crippen molar-refractivity contribution in [2.24, 2.45) is 0 Å². The number of carbonyl (C=O) groups excluding carboxylic acids is 2. The molecule has 2 amide bonds. The van der Waals surface area contributed by atoms with Crippen LogP contribution in [0, 0.1) is 0 Å². The molecule has 3 heterocycles. The number of nitrogens with zero attached hydrogens (tertiary/aromatic N) is 3. The summed E-state index contributed by atoms with van der Waals surface area (Å²) in [7, 11) is 0. The summed E-state index contributed by atoms with van der Waals surface area (Å²) >= 11 is 0. The van der Waals surface area contributed by atoms with Crippen molar-refractivity contribution in [3.8, 4) is 0 Å². The predicted molar refractivity (Wildman–Crippen MR) is 91.4 cm³/mol. The van der Waals surface area contributed by atoms with Crippen molar-refractivity contribution < 1.29 is 14.0 Å². The summed E-state index contributed by atoms with van der Waals surface area (Å²) in [4.78, 5) is 26.5. The average Bonchev–Trinajstić information content (AvgIpc) is 3.29. The summed E-state index contributed by atoms with van der Waals surface area (Å²) in [5, 5.41) is 7.19. The molecule has 0 aliphatic carbocycles. The van der Waals surface area contributed by atoms with E-state index in [1.165, 1.54) is 0 Å². The molecule has 7 nitrogen and oxygen atoms in total. The Hall–Kier alpha value is -2.57. The molecule has 1 aliphatic heterocycles. The van der Waals surface area contributed by atoms with Crippen molar-refractivity contribution in [1.29, 1.82) is 0 Å². The van der Waals surface area contributed by atoms with E-state index in [1.54, 1.807) is 18.5 Å². The third-order valence-electron chi connectivity index (χ3n) is 4.44. The molecule has 1 N–H and O–H groups in total. The maximum absolute atomic E-state index is 12.4. The van der Waals surface area contributed by atoms with Crippen molar-refractivity contribution in [2.75, 3.05) is 6.54 Å². The zero-order valence-electron chi connectivity index (χ0n) is 14.5. The number of hydrogen-bond donors (Lipinski definition) is 1. The Bertz CT molecular complexity index is 708. The Labute approximate surface area is 147 Å². The number of aromatic nitrogens is 2. The van der Waals surface area contributed by atoms with Gasteiger partial charge in [0.15, 0.2) is 0 Å². The second-order valence-corrected chi connectivity index (χ2v) is 6.36. The van der Waals surface area contributed by atoms with Gasteiger partial charge >= 0.3 is 0 Å². The first-order valence-electron chi connectivity index (χ1n) is 8.76. The van der Waals surface area contributed by atoms with Gasteiger partial charge in [0.1, 0.15) is 5.76 Å². The highest BCUT2D eigenvalue weighted by Gasteiger charge is 2.29. The molecular weight excluding hydrogens is 320 g/mol. The van der Waals surface area contributed by atoms with Crippen LogP contribution in [0.1, 0.15) is 50.1 Å². The smallest absolute Gasteiger partial charge is 0.222 e. The van der Waals surface area contributed by atoms with E-state index in [1.807, 2.05) is 21.7 Å². The SMILES string of the molecule is CCCCC(=O)N1Cc2ccnn2[C@@H](CC(=O)NCc2ccco2)C1. The standard InChI is InChI=1S/C18H24N4O3/c1-2-3-6-18(24)21-12-14-7-8-20-22(14)15(13-21)10-17(23)19-11-16-5-4-9-25-16/h4-5,7-9,15H,2-3,6,10-13H2,1H3,(H,19,23)/t15-/m0/s1. The second-order valence-electron chi connectivity index (χ2n) is 6.36. The van der Waals surface area contributed by atoms with Crippen LogP contribution in [0.2, 0.25) is 0 Å².